The first-order valence-corrected chi connectivity index (χ1v) is 20.1. The maximum Gasteiger partial charge on any atom is 0.0626 e. The van der Waals surface area contributed by atoms with Gasteiger partial charge < -0.3 is 9.80 Å². The highest BCUT2D eigenvalue weighted by molar-refractivity contribution is 5.81. The molecule has 3 aromatic carbocycles. The van der Waals surface area contributed by atoms with Crippen molar-refractivity contribution < 1.29 is 0 Å². The molecule has 0 amide bonds. The minimum Gasteiger partial charge on any atom is -0.338 e. The molecule has 6 aliphatic carbocycles. The van der Waals surface area contributed by atoms with Crippen LogP contribution in [0.3, 0.4) is 0 Å². The first kappa shape index (κ1) is 32.6. The fourth-order valence-electron chi connectivity index (χ4n) is 11.1. The highest BCUT2D eigenvalue weighted by Gasteiger charge is 2.51. The van der Waals surface area contributed by atoms with Gasteiger partial charge in [-0.15, -0.1) is 0 Å². The number of fused-ring (bicyclic) bond motifs is 6. The first-order valence-electron chi connectivity index (χ1n) is 20.1. The Morgan fingerprint density at radius 1 is 0.679 bits per heavy atom. The molecule has 0 saturated heterocycles. The quantitative estimate of drug-likeness (QED) is 0.254. The summed E-state index contributed by atoms with van der Waals surface area (Å²) in [6.07, 6.45) is 39.2. The van der Waals surface area contributed by atoms with Crippen LogP contribution in [0.15, 0.2) is 186 Å². The van der Waals surface area contributed by atoms with E-state index in [0.717, 1.165) is 25.7 Å². The Kier molecular flexibility index (Phi) is 8.05. The van der Waals surface area contributed by atoms with Gasteiger partial charge in [-0.25, -0.2) is 0 Å². The van der Waals surface area contributed by atoms with Crippen molar-refractivity contribution in [1.29, 1.82) is 0 Å². The van der Waals surface area contributed by atoms with Crippen LogP contribution in [0.2, 0.25) is 0 Å². The fraction of sp³-hybridized carbons (Fsp3) is 0.294. The topological polar surface area (TPSA) is 6.48 Å². The van der Waals surface area contributed by atoms with Gasteiger partial charge in [0, 0.05) is 46.2 Å². The molecule has 53 heavy (non-hydrogen) atoms. The molecule has 10 rings (SSSR count). The molecule has 1 aliphatic heterocycles. The fourth-order valence-corrected chi connectivity index (χ4v) is 11.1. The van der Waals surface area contributed by atoms with Crippen molar-refractivity contribution in [1.82, 2.24) is 0 Å². The van der Waals surface area contributed by atoms with Gasteiger partial charge in [0.05, 0.1) is 6.04 Å². The summed E-state index contributed by atoms with van der Waals surface area (Å²) in [5.74, 6) is 2.44. The SMILES string of the molecule is CC1(C)C2CC=CC=C2C2=CCC(N(C3=CCC(C4CC=CC=C4N4c5ccccc5C5C=CC=CC54)C=C3)c3ccccc3-c3ccccc3)CC21. The molecule has 0 bridgehead atoms. The smallest absolute Gasteiger partial charge is 0.0626 e. The molecule has 0 radical (unpaired) electrons. The largest absolute Gasteiger partial charge is 0.338 e. The predicted octanol–water partition coefficient (Wildman–Crippen LogP) is 12.4. The van der Waals surface area contributed by atoms with Gasteiger partial charge in [0.15, 0.2) is 0 Å². The normalized spacial score (nSPS) is 30.1. The van der Waals surface area contributed by atoms with Crippen molar-refractivity contribution >= 4 is 11.4 Å². The summed E-state index contributed by atoms with van der Waals surface area (Å²) in [5, 5.41) is 0. The highest BCUT2D eigenvalue weighted by Crippen LogP contribution is 2.60. The molecule has 3 aromatic rings. The lowest BCUT2D eigenvalue weighted by Crippen LogP contribution is -2.41. The van der Waals surface area contributed by atoms with Crippen LogP contribution < -0.4 is 9.80 Å². The molecule has 1 heterocycles. The Hall–Kier alpha value is -5.08. The standard InChI is InChI=1S/C51H50N2/c1-51(2)45-23-11-6-20-41(45)42-33-32-38(34-46(42)51)52(47-24-12-7-18-39(47)35-16-4-3-5-17-35)37-30-28-36(29-31-37)40-19-8-13-25-48(40)53-49-26-14-9-21-43(49)44-22-10-15-27-50(44)53/h3-18,20-22,24-28,30-31,33,36,38,40,43,45-46,49H,19,23,29,32,34H2,1-2H3. The lowest BCUT2D eigenvalue weighted by Gasteiger charge is -2.43. The molecule has 2 heteroatoms. The van der Waals surface area contributed by atoms with Gasteiger partial charge in [-0.3, -0.25) is 0 Å². The maximum absolute atomic E-state index is 2.74. The Labute approximate surface area is 316 Å². The van der Waals surface area contributed by atoms with Gasteiger partial charge in [-0.1, -0.05) is 153 Å². The van der Waals surface area contributed by atoms with Crippen LogP contribution in [0.5, 0.6) is 0 Å². The number of anilines is 2. The lowest BCUT2D eigenvalue weighted by atomic mass is 9.69. The summed E-state index contributed by atoms with van der Waals surface area (Å²) in [5.41, 5.74) is 13.0. The van der Waals surface area contributed by atoms with Gasteiger partial charge in [-0.2, -0.15) is 0 Å². The van der Waals surface area contributed by atoms with Crippen molar-refractivity contribution in [3.63, 3.8) is 0 Å². The highest BCUT2D eigenvalue weighted by atomic mass is 15.2. The monoisotopic (exact) mass is 690 g/mol. The van der Waals surface area contributed by atoms with Crippen LogP contribution >= 0.6 is 0 Å². The van der Waals surface area contributed by atoms with Crippen LogP contribution in [0, 0.1) is 29.1 Å². The summed E-state index contributed by atoms with van der Waals surface area (Å²) in [6.45, 7) is 5.07. The zero-order valence-corrected chi connectivity index (χ0v) is 31.1. The van der Waals surface area contributed by atoms with Crippen LogP contribution in [0.4, 0.5) is 11.4 Å². The van der Waals surface area contributed by atoms with Crippen molar-refractivity contribution in [3.8, 4) is 11.1 Å². The Balaban J connectivity index is 0.995. The van der Waals surface area contributed by atoms with Gasteiger partial charge in [0.25, 0.3) is 0 Å². The number of hydrogen-bond acceptors (Lipinski definition) is 2. The Morgan fingerprint density at radius 3 is 2.36 bits per heavy atom. The van der Waals surface area contributed by atoms with E-state index in [1.165, 1.54) is 45.9 Å². The second-order valence-electron chi connectivity index (χ2n) is 16.7. The third-order valence-corrected chi connectivity index (χ3v) is 13.7. The minimum atomic E-state index is 0.237. The molecular formula is C51H50N2. The third-order valence-electron chi connectivity index (χ3n) is 13.7. The predicted molar refractivity (Wildman–Crippen MR) is 222 cm³/mol. The molecule has 1 saturated carbocycles. The zero-order valence-electron chi connectivity index (χ0n) is 31.1. The van der Waals surface area contributed by atoms with Crippen molar-refractivity contribution in [2.75, 3.05) is 9.80 Å². The number of benzene rings is 3. The molecule has 0 aromatic heterocycles. The molecule has 2 nitrogen and oxygen atoms in total. The number of allylic oxidation sites excluding steroid dienone is 14. The van der Waals surface area contributed by atoms with Gasteiger partial charge >= 0.3 is 0 Å². The van der Waals surface area contributed by atoms with Crippen molar-refractivity contribution in [2.45, 2.75) is 64.0 Å². The van der Waals surface area contributed by atoms with E-state index in [-0.39, 0.29) is 5.41 Å². The maximum atomic E-state index is 2.74. The zero-order chi connectivity index (χ0) is 35.5. The molecule has 7 aliphatic rings. The molecule has 0 spiro atoms. The summed E-state index contributed by atoms with van der Waals surface area (Å²) in [7, 11) is 0. The Bertz CT molecular complexity index is 2200. The number of nitrogens with zero attached hydrogens (tertiary/aromatic N) is 2. The summed E-state index contributed by atoms with van der Waals surface area (Å²) < 4.78 is 0. The molecule has 0 N–H and O–H groups in total. The van der Waals surface area contributed by atoms with Gasteiger partial charge in [0.2, 0.25) is 0 Å². The van der Waals surface area contributed by atoms with Crippen LogP contribution in [-0.2, 0) is 0 Å². The second-order valence-corrected chi connectivity index (χ2v) is 16.7. The first-order chi connectivity index (χ1) is 26.1. The van der Waals surface area contributed by atoms with Gasteiger partial charge in [0.1, 0.15) is 0 Å². The van der Waals surface area contributed by atoms with Crippen LogP contribution in [0.25, 0.3) is 11.1 Å². The Morgan fingerprint density at radius 2 is 1.47 bits per heavy atom. The van der Waals surface area contributed by atoms with E-state index in [2.05, 4.69) is 188 Å². The van der Waals surface area contributed by atoms with E-state index in [0.29, 0.717) is 41.7 Å². The number of hydrogen-bond donors (Lipinski definition) is 0. The van der Waals surface area contributed by atoms with Crippen molar-refractivity contribution in [2.24, 2.45) is 29.1 Å². The third kappa shape index (κ3) is 5.36. The van der Waals surface area contributed by atoms with Crippen molar-refractivity contribution in [3.05, 3.63) is 192 Å². The van der Waals surface area contributed by atoms with E-state index in [1.807, 2.05) is 0 Å². The van der Waals surface area contributed by atoms with Crippen LogP contribution in [-0.4, -0.2) is 12.1 Å². The summed E-state index contributed by atoms with van der Waals surface area (Å²) in [6, 6.07) is 29.9. The lowest BCUT2D eigenvalue weighted by molar-refractivity contribution is 0.186. The van der Waals surface area contributed by atoms with E-state index < -0.39 is 0 Å². The molecular weight excluding hydrogens is 641 g/mol. The van der Waals surface area contributed by atoms with Gasteiger partial charge in [-0.05, 0) is 102 Å². The average molecular weight is 691 g/mol. The minimum absolute atomic E-state index is 0.237. The number of rotatable bonds is 6. The second kappa shape index (κ2) is 13.1. The van der Waals surface area contributed by atoms with E-state index in [9.17, 15) is 0 Å². The molecule has 1 fully saturated rings. The van der Waals surface area contributed by atoms with E-state index >= 15 is 0 Å². The molecule has 7 unspecified atom stereocenters. The summed E-state index contributed by atoms with van der Waals surface area (Å²) >= 11 is 0. The molecule has 7 atom stereocenters. The average Bonchev–Trinajstić information content (AvgIpc) is 3.67. The number of para-hydroxylation sites is 2. The van der Waals surface area contributed by atoms with Crippen LogP contribution in [0.1, 0.15) is 57.4 Å². The van der Waals surface area contributed by atoms with E-state index in [4.69, 9.17) is 0 Å². The summed E-state index contributed by atoms with van der Waals surface area (Å²) in [4.78, 5) is 5.41. The molecule has 264 valence electrons. The van der Waals surface area contributed by atoms with E-state index in [1.54, 1.807) is 11.1 Å².